The number of benzene rings is 2. The van der Waals surface area contributed by atoms with Crippen molar-refractivity contribution in [1.82, 2.24) is 15.5 Å². The van der Waals surface area contributed by atoms with Gasteiger partial charge in [0.05, 0.1) is 35.0 Å². The number of halogens is 3. The minimum absolute atomic E-state index is 0.0220. The molecule has 0 spiro atoms. The summed E-state index contributed by atoms with van der Waals surface area (Å²) in [6, 6.07) is 10.3. The summed E-state index contributed by atoms with van der Waals surface area (Å²) in [6.07, 6.45) is -0.0722. The molecule has 0 radical (unpaired) electrons. The van der Waals surface area contributed by atoms with E-state index in [1.54, 1.807) is 24.4 Å². The summed E-state index contributed by atoms with van der Waals surface area (Å²) < 4.78 is 39.9. The van der Waals surface area contributed by atoms with Crippen molar-refractivity contribution < 1.29 is 18.0 Å². The molecule has 3 N–H and O–H groups in total. The fourth-order valence-electron chi connectivity index (χ4n) is 3.91. The second kappa shape index (κ2) is 6.76. The van der Waals surface area contributed by atoms with Crippen LogP contribution in [0.1, 0.15) is 16.7 Å². The molecule has 0 bridgehead atoms. The first-order valence-corrected chi connectivity index (χ1v) is 9.32. The number of H-pyrrole nitrogens is 1. The fourth-order valence-corrected chi connectivity index (χ4v) is 3.91. The number of alkyl halides is 3. The Bertz CT molecular complexity index is 1350. The molecule has 2 aromatic carbocycles. The van der Waals surface area contributed by atoms with E-state index in [-0.39, 0.29) is 17.0 Å². The molecule has 1 aliphatic heterocycles. The van der Waals surface area contributed by atoms with Crippen molar-refractivity contribution >= 4 is 40.0 Å². The van der Waals surface area contributed by atoms with Crippen LogP contribution in [0.5, 0.6) is 0 Å². The van der Waals surface area contributed by atoms with Crippen molar-refractivity contribution in [3.63, 3.8) is 0 Å². The topological polar surface area (TPSA) is 94.0 Å². The van der Waals surface area contributed by atoms with Crippen LogP contribution in [0.2, 0.25) is 0 Å². The quantitative estimate of drug-likeness (QED) is 0.579. The van der Waals surface area contributed by atoms with Crippen LogP contribution < -0.4 is 5.32 Å². The minimum Gasteiger partial charge on any atom is -0.316 e. The van der Waals surface area contributed by atoms with Gasteiger partial charge in [0, 0.05) is 16.5 Å². The molecule has 0 fully saturated rings. The van der Waals surface area contributed by atoms with Gasteiger partial charge in [0.15, 0.2) is 0 Å². The van der Waals surface area contributed by atoms with Crippen LogP contribution >= 0.6 is 0 Å². The number of nitrogens with one attached hydrogen (secondary N) is 3. The van der Waals surface area contributed by atoms with Gasteiger partial charge in [-0.25, -0.2) is 4.99 Å². The van der Waals surface area contributed by atoms with Crippen LogP contribution in [-0.4, -0.2) is 28.2 Å². The molecule has 0 saturated heterocycles. The normalized spacial score (nSPS) is 18.8. The van der Waals surface area contributed by atoms with Crippen molar-refractivity contribution in [3.05, 3.63) is 77.1 Å². The average Bonchev–Trinajstić information content (AvgIpc) is 3.23. The predicted octanol–water partition coefficient (Wildman–Crippen LogP) is 4.18. The average molecular weight is 421 g/mol. The molecule has 3 aromatic rings. The first kappa shape index (κ1) is 19.0. The number of hydrogen-bond donors (Lipinski definition) is 3. The third-order valence-corrected chi connectivity index (χ3v) is 5.37. The summed E-state index contributed by atoms with van der Waals surface area (Å²) in [5.41, 5.74) is 1.94. The molecule has 1 amide bonds. The predicted molar refractivity (Wildman–Crippen MR) is 110 cm³/mol. The molecule has 1 aromatic heterocycles. The summed E-state index contributed by atoms with van der Waals surface area (Å²) >= 11 is 0. The highest BCUT2D eigenvalue weighted by Gasteiger charge is 2.38. The number of rotatable bonds is 2. The molecular formula is C22H14F3N5O. The summed E-state index contributed by atoms with van der Waals surface area (Å²) in [5.74, 6) is -1.49. The lowest BCUT2D eigenvalue weighted by molar-refractivity contribution is -0.137. The Kier molecular flexibility index (Phi) is 4.14. The molecule has 2 aliphatic rings. The van der Waals surface area contributed by atoms with Crippen molar-refractivity contribution in [2.24, 2.45) is 10.9 Å². The van der Waals surface area contributed by atoms with Crippen molar-refractivity contribution in [3.8, 4) is 0 Å². The van der Waals surface area contributed by atoms with Crippen LogP contribution in [0.4, 0.5) is 13.2 Å². The summed E-state index contributed by atoms with van der Waals surface area (Å²) in [4.78, 5) is 16.8. The molecule has 31 heavy (non-hydrogen) atoms. The van der Waals surface area contributed by atoms with Crippen LogP contribution in [0, 0.1) is 11.3 Å². The van der Waals surface area contributed by atoms with Gasteiger partial charge in [-0.15, -0.1) is 0 Å². The highest BCUT2D eigenvalue weighted by Crippen LogP contribution is 2.41. The zero-order chi connectivity index (χ0) is 21.8. The second-order valence-electron chi connectivity index (χ2n) is 7.19. The number of nitrogens with zero attached hydrogens (tertiary/aromatic N) is 2. The molecule has 1 atom stereocenters. The lowest BCUT2D eigenvalue weighted by Crippen LogP contribution is -2.40. The zero-order valence-electron chi connectivity index (χ0n) is 15.8. The summed E-state index contributed by atoms with van der Waals surface area (Å²) in [6.45, 7) is 0. The van der Waals surface area contributed by atoms with Gasteiger partial charge in [0.2, 0.25) is 5.91 Å². The Labute approximate surface area is 173 Å². The summed E-state index contributed by atoms with van der Waals surface area (Å²) in [7, 11) is 0. The molecular weight excluding hydrogens is 407 g/mol. The van der Waals surface area contributed by atoms with E-state index in [4.69, 9.17) is 5.41 Å². The molecule has 0 saturated carbocycles. The van der Waals surface area contributed by atoms with Gasteiger partial charge < -0.3 is 10.7 Å². The van der Waals surface area contributed by atoms with Crippen LogP contribution in [-0.2, 0) is 11.0 Å². The van der Waals surface area contributed by atoms with Crippen molar-refractivity contribution in [2.45, 2.75) is 6.18 Å². The first-order valence-electron chi connectivity index (χ1n) is 9.32. The highest BCUT2D eigenvalue weighted by atomic mass is 19.4. The number of carbonyl (C=O) groups excluding carboxylic acids is 1. The number of aromatic nitrogens is 2. The maximum absolute atomic E-state index is 13.3. The highest BCUT2D eigenvalue weighted by molar-refractivity contribution is 6.35. The lowest BCUT2D eigenvalue weighted by Gasteiger charge is -2.29. The van der Waals surface area contributed by atoms with Crippen molar-refractivity contribution in [2.75, 3.05) is 0 Å². The molecule has 154 valence electrons. The second-order valence-corrected chi connectivity index (χ2v) is 7.19. The largest absolute Gasteiger partial charge is 0.416 e. The number of amides is 1. The Morgan fingerprint density at radius 2 is 1.90 bits per heavy atom. The van der Waals surface area contributed by atoms with Gasteiger partial charge in [0.1, 0.15) is 5.92 Å². The van der Waals surface area contributed by atoms with Crippen LogP contribution in [0.3, 0.4) is 0 Å². The Morgan fingerprint density at radius 1 is 1.10 bits per heavy atom. The van der Waals surface area contributed by atoms with Gasteiger partial charge >= 0.3 is 6.18 Å². The van der Waals surface area contributed by atoms with Crippen LogP contribution in [0.25, 0.3) is 22.0 Å². The van der Waals surface area contributed by atoms with Crippen LogP contribution in [0.15, 0.2) is 65.4 Å². The van der Waals surface area contributed by atoms with E-state index >= 15 is 0 Å². The molecule has 5 rings (SSSR count). The van der Waals surface area contributed by atoms with Gasteiger partial charge in [-0.2, -0.15) is 18.3 Å². The minimum atomic E-state index is -4.51. The van der Waals surface area contributed by atoms with E-state index in [1.807, 2.05) is 6.07 Å². The van der Waals surface area contributed by atoms with E-state index in [0.717, 1.165) is 23.0 Å². The third kappa shape index (κ3) is 3.05. The first-order chi connectivity index (χ1) is 14.8. The number of aromatic amines is 1. The zero-order valence-corrected chi connectivity index (χ0v) is 15.8. The molecule has 1 aliphatic carbocycles. The Morgan fingerprint density at radius 3 is 2.71 bits per heavy atom. The fraction of sp³-hybridized carbons (Fsp3) is 0.0909. The van der Waals surface area contributed by atoms with Crippen molar-refractivity contribution in [1.29, 1.82) is 5.41 Å². The number of allylic oxidation sites excluding steroid dienone is 3. The third-order valence-electron chi connectivity index (χ3n) is 5.37. The SMILES string of the molecule is N=C1C(c2cccc3[nH]ncc23)=CC(c2cccc(C(F)(F)F)c2)=C2N=CNC(=O)C12. The lowest BCUT2D eigenvalue weighted by atomic mass is 9.79. The van der Waals surface area contributed by atoms with E-state index in [1.165, 1.54) is 18.5 Å². The Hall–Kier alpha value is -4.01. The monoisotopic (exact) mass is 421 g/mol. The molecule has 9 heteroatoms. The molecule has 2 heterocycles. The number of fused-ring (bicyclic) bond motifs is 2. The van der Waals surface area contributed by atoms with Gasteiger partial charge in [-0.1, -0.05) is 24.3 Å². The smallest absolute Gasteiger partial charge is 0.316 e. The number of aliphatic imine (C=N–C) groups is 1. The number of carbonyl (C=O) groups is 1. The number of hydrogen-bond acceptors (Lipinski definition) is 4. The van der Waals surface area contributed by atoms with E-state index in [9.17, 15) is 18.0 Å². The maximum Gasteiger partial charge on any atom is 0.416 e. The molecule has 1 unspecified atom stereocenters. The van der Waals surface area contributed by atoms with E-state index in [0.29, 0.717) is 16.7 Å². The molecule has 6 nitrogen and oxygen atoms in total. The van der Waals surface area contributed by atoms with E-state index in [2.05, 4.69) is 20.5 Å². The summed E-state index contributed by atoms with van der Waals surface area (Å²) in [5, 5.41) is 18.8. The van der Waals surface area contributed by atoms with Gasteiger partial charge in [-0.05, 0) is 35.4 Å². The standard InChI is InChI=1S/C22H14F3N5O/c23-22(24,25)12-4-1-3-11(7-12)14-8-15(13-5-2-6-17-16(13)9-29-30-17)19(26)18-20(14)27-10-28-21(18)31/h1-10,18,26H,(H,29,30)(H,27,28,31). The Balaban J connectivity index is 1.77. The van der Waals surface area contributed by atoms with E-state index < -0.39 is 23.6 Å². The van der Waals surface area contributed by atoms with Gasteiger partial charge in [0.25, 0.3) is 0 Å². The maximum atomic E-state index is 13.3. The van der Waals surface area contributed by atoms with Gasteiger partial charge in [-0.3, -0.25) is 9.89 Å².